The van der Waals surface area contributed by atoms with Crippen molar-refractivity contribution in [1.82, 2.24) is 20.5 Å². The molecule has 4 rings (SSSR count). The number of aliphatic hydroxyl groups excluding tert-OH is 1. The van der Waals surface area contributed by atoms with E-state index in [1.165, 1.54) is 17.5 Å². The van der Waals surface area contributed by atoms with Gasteiger partial charge in [0.05, 0.1) is 16.9 Å². The standard InChI is InChI=1S/C20H19N5O4S/c1-11-24-25-20(29-11)12-3-2-4-14(7-12)28-9-13-10-30-17-15(19(27)22-5-6-26)8-23-18(21)16(13)17/h2-4,7-8,10,26H,5-6,9H2,1H3,(H2,21,23)(H,22,27). The first-order valence-corrected chi connectivity index (χ1v) is 10.0. The summed E-state index contributed by atoms with van der Waals surface area (Å²) in [4.78, 5) is 16.5. The number of fused-ring (bicyclic) bond motifs is 1. The minimum Gasteiger partial charge on any atom is -0.489 e. The Balaban J connectivity index is 1.57. The van der Waals surface area contributed by atoms with E-state index in [0.717, 1.165) is 15.8 Å². The lowest BCUT2D eigenvalue weighted by Crippen LogP contribution is -2.26. The fraction of sp³-hybridized carbons (Fsp3) is 0.200. The maximum absolute atomic E-state index is 12.3. The van der Waals surface area contributed by atoms with Crippen molar-refractivity contribution < 1.29 is 19.1 Å². The van der Waals surface area contributed by atoms with Crippen LogP contribution in [0.15, 0.2) is 40.3 Å². The molecule has 3 heterocycles. The highest BCUT2D eigenvalue weighted by Crippen LogP contribution is 2.33. The van der Waals surface area contributed by atoms with Gasteiger partial charge in [-0.1, -0.05) is 6.07 Å². The Morgan fingerprint density at radius 3 is 3.00 bits per heavy atom. The van der Waals surface area contributed by atoms with E-state index in [9.17, 15) is 4.79 Å². The average Bonchev–Trinajstić information content (AvgIpc) is 3.38. The molecule has 0 fully saturated rings. The van der Waals surface area contributed by atoms with Crippen LogP contribution in [-0.4, -0.2) is 39.3 Å². The Bertz CT molecular complexity index is 1200. The predicted molar refractivity (Wildman–Crippen MR) is 112 cm³/mol. The zero-order chi connectivity index (χ0) is 21.1. The SMILES string of the molecule is Cc1nnc(-c2cccc(OCc3csc4c(C(=O)NCCO)cnc(N)c34)c2)o1. The van der Waals surface area contributed by atoms with Gasteiger partial charge in [0.2, 0.25) is 11.8 Å². The van der Waals surface area contributed by atoms with Gasteiger partial charge in [0.15, 0.2) is 0 Å². The normalized spacial score (nSPS) is 11.0. The molecule has 0 spiro atoms. The van der Waals surface area contributed by atoms with Crippen molar-refractivity contribution in [1.29, 1.82) is 0 Å². The number of aliphatic hydroxyl groups is 1. The zero-order valence-corrected chi connectivity index (χ0v) is 16.9. The summed E-state index contributed by atoms with van der Waals surface area (Å²) in [5, 5.41) is 22.0. The molecular formula is C20H19N5O4S. The van der Waals surface area contributed by atoms with E-state index >= 15 is 0 Å². The van der Waals surface area contributed by atoms with Gasteiger partial charge in [-0.3, -0.25) is 4.79 Å². The summed E-state index contributed by atoms with van der Waals surface area (Å²) >= 11 is 1.40. The van der Waals surface area contributed by atoms with Crippen LogP contribution in [0.25, 0.3) is 21.5 Å². The van der Waals surface area contributed by atoms with Crippen molar-refractivity contribution >= 4 is 33.1 Å². The number of amides is 1. The van der Waals surface area contributed by atoms with E-state index in [2.05, 4.69) is 20.5 Å². The molecule has 0 aliphatic rings. The van der Waals surface area contributed by atoms with Gasteiger partial charge >= 0.3 is 0 Å². The second kappa shape index (κ2) is 8.47. The topological polar surface area (TPSA) is 136 Å². The molecule has 30 heavy (non-hydrogen) atoms. The summed E-state index contributed by atoms with van der Waals surface area (Å²) in [6, 6.07) is 7.35. The van der Waals surface area contributed by atoms with Crippen molar-refractivity contribution in [2.75, 3.05) is 18.9 Å². The Labute approximate surface area is 175 Å². The number of nitrogen functional groups attached to an aromatic ring is 1. The first kappa shape index (κ1) is 19.8. The third-order valence-electron chi connectivity index (χ3n) is 4.34. The molecule has 3 aromatic heterocycles. The molecule has 4 N–H and O–H groups in total. The number of thiophene rings is 1. The van der Waals surface area contributed by atoms with E-state index < -0.39 is 0 Å². The van der Waals surface area contributed by atoms with Crippen molar-refractivity contribution in [3.05, 3.63) is 52.9 Å². The summed E-state index contributed by atoms with van der Waals surface area (Å²) in [7, 11) is 0. The molecule has 10 heteroatoms. The predicted octanol–water partition coefficient (Wildman–Crippen LogP) is 2.54. The van der Waals surface area contributed by atoms with Crippen LogP contribution in [0, 0.1) is 6.92 Å². The summed E-state index contributed by atoms with van der Waals surface area (Å²) in [5.74, 6) is 1.57. The summed E-state index contributed by atoms with van der Waals surface area (Å²) in [5.41, 5.74) is 8.08. The molecule has 1 amide bonds. The number of pyridine rings is 1. The van der Waals surface area contributed by atoms with Crippen molar-refractivity contribution in [3.8, 4) is 17.2 Å². The van der Waals surface area contributed by atoms with E-state index in [1.807, 2.05) is 29.6 Å². The van der Waals surface area contributed by atoms with Crippen LogP contribution in [0.4, 0.5) is 5.82 Å². The Hall–Kier alpha value is -3.50. The highest BCUT2D eigenvalue weighted by molar-refractivity contribution is 7.17. The van der Waals surface area contributed by atoms with Gasteiger partial charge in [-0.15, -0.1) is 21.5 Å². The lowest BCUT2D eigenvalue weighted by Gasteiger charge is -2.08. The van der Waals surface area contributed by atoms with Crippen molar-refractivity contribution in [2.24, 2.45) is 0 Å². The largest absolute Gasteiger partial charge is 0.489 e. The fourth-order valence-electron chi connectivity index (χ4n) is 2.96. The molecule has 0 saturated carbocycles. The van der Waals surface area contributed by atoms with Crippen molar-refractivity contribution in [3.63, 3.8) is 0 Å². The number of nitrogens with zero attached hydrogens (tertiary/aromatic N) is 3. The molecule has 154 valence electrons. The lowest BCUT2D eigenvalue weighted by molar-refractivity contribution is 0.0946. The number of hydrogen-bond donors (Lipinski definition) is 3. The summed E-state index contributed by atoms with van der Waals surface area (Å²) in [6.45, 7) is 2.01. The minimum atomic E-state index is -0.307. The maximum Gasteiger partial charge on any atom is 0.254 e. The van der Waals surface area contributed by atoms with Crippen LogP contribution in [0.1, 0.15) is 21.8 Å². The molecule has 9 nitrogen and oxygen atoms in total. The molecule has 0 bridgehead atoms. The monoisotopic (exact) mass is 425 g/mol. The number of carbonyl (C=O) groups excluding carboxylic acids is 1. The second-order valence-electron chi connectivity index (χ2n) is 6.44. The number of rotatable bonds is 7. The number of aryl methyl sites for hydroxylation is 1. The van der Waals surface area contributed by atoms with Gasteiger partial charge in [0.1, 0.15) is 18.2 Å². The van der Waals surface area contributed by atoms with Crippen LogP contribution in [0.2, 0.25) is 0 Å². The van der Waals surface area contributed by atoms with E-state index in [4.69, 9.17) is 20.0 Å². The number of nitrogens with two attached hydrogens (primary N) is 1. The van der Waals surface area contributed by atoms with Crippen LogP contribution in [-0.2, 0) is 6.61 Å². The molecule has 0 radical (unpaired) electrons. The molecule has 1 aromatic carbocycles. The lowest BCUT2D eigenvalue weighted by atomic mass is 10.1. The number of anilines is 1. The van der Waals surface area contributed by atoms with E-state index in [-0.39, 0.29) is 25.7 Å². The molecule has 0 atom stereocenters. The number of hydrogen-bond acceptors (Lipinski definition) is 9. The fourth-order valence-corrected chi connectivity index (χ4v) is 4.03. The molecule has 0 aliphatic heterocycles. The first-order chi connectivity index (χ1) is 14.6. The van der Waals surface area contributed by atoms with Crippen LogP contribution in [0.5, 0.6) is 5.75 Å². The first-order valence-electron chi connectivity index (χ1n) is 9.13. The van der Waals surface area contributed by atoms with Gasteiger partial charge in [-0.2, -0.15) is 0 Å². The smallest absolute Gasteiger partial charge is 0.254 e. The van der Waals surface area contributed by atoms with Gasteiger partial charge < -0.3 is 25.3 Å². The minimum absolute atomic E-state index is 0.136. The highest BCUT2D eigenvalue weighted by Gasteiger charge is 2.17. The molecule has 0 unspecified atom stereocenters. The summed E-state index contributed by atoms with van der Waals surface area (Å²) < 4.78 is 12.1. The number of ether oxygens (including phenoxy) is 1. The van der Waals surface area contributed by atoms with E-state index in [1.54, 1.807) is 6.92 Å². The van der Waals surface area contributed by atoms with Gasteiger partial charge in [-0.25, -0.2) is 4.98 Å². The maximum atomic E-state index is 12.3. The van der Waals surface area contributed by atoms with Crippen LogP contribution >= 0.6 is 11.3 Å². The van der Waals surface area contributed by atoms with Crippen LogP contribution < -0.4 is 15.8 Å². The third-order valence-corrected chi connectivity index (χ3v) is 5.41. The highest BCUT2D eigenvalue weighted by atomic mass is 32.1. The Morgan fingerprint density at radius 1 is 1.37 bits per heavy atom. The second-order valence-corrected chi connectivity index (χ2v) is 7.32. The van der Waals surface area contributed by atoms with Crippen LogP contribution in [0.3, 0.4) is 0 Å². The van der Waals surface area contributed by atoms with Crippen molar-refractivity contribution in [2.45, 2.75) is 13.5 Å². The molecule has 4 aromatic rings. The quantitative estimate of drug-likeness (QED) is 0.411. The van der Waals surface area contributed by atoms with Gasteiger partial charge in [-0.05, 0) is 23.6 Å². The number of aromatic nitrogens is 3. The third kappa shape index (κ3) is 3.95. The molecule has 0 aliphatic carbocycles. The Kier molecular flexibility index (Phi) is 5.59. The average molecular weight is 425 g/mol. The molecular weight excluding hydrogens is 406 g/mol. The van der Waals surface area contributed by atoms with Gasteiger partial charge in [0, 0.05) is 36.2 Å². The number of benzene rings is 1. The van der Waals surface area contributed by atoms with E-state index in [0.29, 0.717) is 34.3 Å². The molecule has 0 saturated heterocycles. The summed E-state index contributed by atoms with van der Waals surface area (Å²) in [6.07, 6.45) is 1.45. The zero-order valence-electron chi connectivity index (χ0n) is 16.1. The number of nitrogens with one attached hydrogen (secondary N) is 1. The van der Waals surface area contributed by atoms with Gasteiger partial charge in [0.25, 0.3) is 5.91 Å². The number of carbonyl (C=O) groups is 1. The Morgan fingerprint density at radius 2 is 2.23 bits per heavy atom.